The van der Waals surface area contributed by atoms with Crippen molar-refractivity contribution in [1.29, 1.82) is 0 Å². The Kier molecular flexibility index (Phi) is 3.64. The normalized spacial score (nSPS) is 10.5. The van der Waals surface area contributed by atoms with Gasteiger partial charge in [-0.15, -0.1) is 11.8 Å². The minimum absolute atomic E-state index is 0.242. The summed E-state index contributed by atoms with van der Waals surface area (Å²) in [6.07, 6.45) is 1.62. The van der Waals surface area contributed by atoms with Crippen molar-refractivity contribution in [3.63, 3.8) is 0 Å². The van der Waals surface area contributed by atoms with Crippen molar-refractivity contribution < 1.29 is 4.39 Å². The number of hydrogen-bond donors (Lipinski definition) is 1. The molecule has 0 unspecified atom stereocenters. The largest absolute Gasteiger partial charge is 0.397 e. The van der Waals surface area contributed by atoms with Crippen LogP contribution in [0, 0.1) is 5.82 Å². The Morgan fingerprint density at radius 3 is 2.65 bits per heavy atom. The lowest BCUT2D eigenvalue weighted by Gasteiger charge is -2.08. The van der Waals surface area contributed by atoms with Gasteiger partial charge in [0.25, 0.3) is 0 Å². The fraction of sp³-hybridized carbons (Fsp3) is 0.154. The number of nitrogens with two attached hydrogens (primary N) is 1. The van der Waals surface area contributed by atoms with Crippen LogP contribution in [0.25, 0.3) is 11.3 Å². The van der Waals surface area contributed by atoms with Gasteiger partial charge < -0.3 is 5.73 Å². The first-order valence-corrected chi connectivity index (χ1v) is 6.33. The van der Waals surface area contributed by atoms with Crippen molar-refractivity contribution in [2.75, 3.05) is 11.5 Å². The zero-order chi connectivity index (χ0) is 12.3. The quantitative estimate of drug-likeness (QED) is 0.844. The Balaban J connectivity index is 2.46. The topological polar surface area (TPSA) is 38.9 Å². The molecule has 0 aliphatic rings. The lowest BCUT2D eigenvalue weighted by Crippen LogP contribution is -1.92. The molecular weight excluding hydrogens is 235 g/mol. The van der Waals surface area contributed by atoms with Gasteiger partial charge in [-0.1, -0.05) is 6.92 Å². The molecule has 0 saturated carbocycles. The van der Waals surface area contributed by atoms with Crippen molar-refractivity contribution in [2.24, 2.45) is 0 Å². The van der Waals surface area contributed by atoms with E-state index in [2.05, 4.69) is 11.9 Å². The molecule has 0 saturated heterocycles. The van der Waals surface area contributed by atoms with Crippen LogP contribution in [0.2, 0.25) is 0 Å². The number of nitrogen functional groups attached to an aromatic ring is 1. The second-order valence-electron chi connectivity index (χ2n) is 3.56. The van der Waals surface area contributed by atoms with Crippen molar-refractivity contribution in [2.45, 2.75) is 11.8 Å². The Morgan fingerprint density at radius 1 is 1.29 bits per heavy atom. The van der Waals surface area contributed by atoms with Crippen molar-refractivity contribution >= 4 is 17.4 Å². The molecule has 0 amide bonds. The van der Waals surface area contributed by atoms with Gasteiger partial charge in [0.1, 0.15) is 5.82 Å². The highest BCUT2D eigenvalue weighted by molar-refractivity contribution is 7.99. The third-order valence-corrected chi connectivity index (χ3v) is 3.20. The number of anilines is 1. The van der Waals surface area contributed by atoms with Crippen LogP contribution in [0.15, 0.2) is 41.4 Å². The fourth-order valence-corrected chi connectivity index (χ4v) is 2.39. The predicted molar refractivity (Wildman–Crippen MR) is 70.4 cm³/mol. The number of aromatic nitrogens is 1. The summed E-state index contributed by atoms with van der Waals surface area (Å²) in [6.45, 7) is 2.07. The van der Waals surface area contributed by atoms with E-state index in [0.717, 1.165) is 21.9 Å². The van der Waals surface area contributed by atoms with Gasteiger partial charge >= 0.3 is 0 Å². The van der Waals surface area contributed by atoms with Gasteiger partial charge in [0.2, 0.25) is 0 Å². The number of hydrogen-bond acceptors (Lipinski definition) is 3. The van der Waals surface area contributed by atoms with Gasteiger partial charge in [-0.3, -0.25) is 4.98 Å². The van der Waals surface area contributed by atoms with Gasteiger partial charge in [0, 0.05) is 10.5 Å². The Bertz CT molecular complexity index is 511. The number of thioether (sulfide) groups is 1. The Labute approximate surface area is 104 Å². The van der Waals surface area contributed by atoms with Crippen LogP contribution >= 0.6 is 11.8 Å². The van der Waals surface area contributed by atoms with Crippen LogP contribution in [0.3, 0.4) is 0 Å². The second kappa shape index (κ2) is 5.19. The zero-order valence-corrected chi connectivity index (χ0v) is 10.3. The first-order valence-electron chi connectivity index (χ1n) is 5.35. The highest BCUT2D eigenvalue weighted by Gasteiger charge is 2.07. The lowest BCUT2D eigenvalue weighted by molar-refractivity contribution is 0.628. The predicted octanol–water partition coefficient (Wildman–Crippen LogP) is 3.58. The number of benzene rings is 1. The van der Waals surface area contributed by atoms with Crippen LogP contribution < -0.4 is 5.73 Å². The molecule has 0 aliphatic carbocycles. The van der Waals surface area contributed by atoms with Gasteiger partial charge in [-0.2, -0.15) is 0 Å². The molecule has 2 rings (SSSR count). The van der Waals surface area contributed by atoms with Gasteiger partial charge in [-0.05, 0) is 36.1 Å². The first-order chi connectivity index (χ1) is 8.20. The van der Waals surface area contributed by atoms with E-state index in [1.54, 1.807) is 30.1 Å². The van der Waals surface area contributed by atoms with E-state index in [4.69, 9.17) is 5.73 Å². The minimum Gasteiger partial charge on any atom is -0.397 e. The summed E-state index contributed by atoms with van der Waals surface area (Å²) in [4.78, 5) is 5.36. The molecule has 0 radical (unpaired) electrons. The number of pyridine rings is 1. The molecule has 0 atom stereocenters. The zero-order valence-electron chi connectivity index (χ0n) is 9.48. The molecule has 2 aromatic rings. The smallest absolute Gasteiger partial charge is 0.123 e. The molecule has 17 heavy (non-hydrogen) atoms. The lowest BCUT2D eigenvalue weighted by atomic mass is 10.1. The molecule has 0 aliphatic heterocycles. The fourth-order valence-electron chi connectivity index (χ4n) is 1.55. The minimum atomic E-state index is -0.242. The molecule has 4 heteroatoms. The second-order valence-corrected chi connectivity index (χ2v) is 4.86. The Morgan fingerprint density at radius 2 is 2.00 bits per heavy atom. The molecule has 88 valence electrons. The molecule has 0 bridgehead atoms. The van der Waals surface area contributed by atoms with E-state index in [-0.39, 0.29) is 5.82 Å². The first kappa shape index (κ1) is 11.9. The van der Waals surface area contributed by atoms with Gasteiger partial charge in [0.05, 0.1) is 17.6 Å². The van der Waals surface area contributed by atoms with Crippen LogP contribution in [0.1, 0.15) is 6.92 Å². The highest BCUT2D eigenvalue weighted by atomic mass is 32.2. The SMILES string of the molecule is CCSc1cc(N)cnc1-c1ccc(F)cc1. The van der Waals surface area contributed by atoms with Crippen molar-refractivity contribution in [3.8, 4) is 11.3 Å². The molecular formula is C13H13FN2S. The summed E-state index contributed by atoms with van der Waals surface area (Å²) >= 11 is 1.68. The molecule has 0 spiro atoms. The van der Waals surface area contributed by atoms with Gasteiger partial charge in [0.15, 0.2) is 0 Å². The highest BCUT2D eigenvalue weighted by Crippen LogP contribution is 2.30. The third-order valence-electron chi connectivity index (χ3n) is 2.29. The van der Waals surface area contributed by atoms with E-state index in [1.807, 2.05) is 6.07 Å². The van der Waals surface area contributed by atoms with Crippen LogP contribution in [-0.2, 0) is 0 Å². The monoisotopic (exact) mass is 248 g/mol. The van der Waals surface area contributed by atoms with Gasteiger partial charge in [-0.25, -0.2) is 4.39 Å². The summed E-state index contributed by atoms with van der Waals surface area (Å²) in [5, 5.41) is 0. The number of rotatable bonds is 3. The molecule has 2 nitrogen and oxygen atoms in total. The van der Waals surface area contributed by atoms with E-state index in [0.29, 0.717) is 5.69 Å². The van der Waals surface area contributed by atoms with E-state index in [9.17, 15) is 4.39 Å². The van der Waals surface area contributed by atoms with E-state index in [1.165, 1.54) is 12.1 Å². The van der Waals surface area contributed by atoms with Crippen LogP contribution in [0.5, 0.6) is 0 Å². The standard InChI is InChI=1S/C13H13FN2S/c1-2-17-12-7-11(15)8-16-13(12)9-3-5-10(14)6-4-9/h3-8H,2,15H2,1H3. The molecule has 2 N–H and O–H groups in total. The average Bonchev–Trinajstić information content (AvgIpc) is 2.31. The molecule has 1 heterocycles. The Hall–Kier alpha value is -1.55. The maximum Gasteiger partial charge on any atom is 0.123 e. The maximum absolute atomic E-state index is 12.9. The van der Waals surface area contributed by atoms with E-state index < -0.39 is 0 Å². The molecule has 0 fully saturated rings. The third kappa shape index (κ3) is 2.77. The van der Waals surface area contributed by atoms with Crippen molar-refractivity contribution in [1.82, 2.24) is 4.98 Å². The molecule has 1 aromatic heterocycles. The van der Waals surface area contributed by atoms with Crippen LogP contribution in [0.4, 0.5) is 10.1 Å². The van der Waals surface area contributed by atoms with E-state index >= 15 is 0 Å². The molecule has 1 aromatic carbocycles. The number of nitrogens with zero attached hydrogens (tertiary/aromatic N) is 1. The summed E-state index contributed by atoms with van der Waals surface area (Å²) in [5.74, 6) is 0.702. The summed E-state index contributed by atoms with van der Waals surface area (Å²) in [6, 6.07) is 8.24. The van der Waals surface area contributed by atoms with Crippen molar-refractivity contribution in [3.05, 3.63) is 42.3 Å². The number of halogens is 1. The summed E-state index contributed by atoms with van der Waals surface area (Å²) in [7, 11) is 0. The maximum atomic E-state index is 12.9. The summed E-state index contributed by atoms with van der Waals surface area (Å²) in [5.41, 5.74) is 8.13. The summed E-state index contributed by atoms with van der Waals surface area (Å²) < 4.78 is 12.9. The average molecular weight is 248 g/mol. The van der Waals surface area contributed by atoms with Crippen LogP contribution in [-0.4, -0.2) is 10.7 Å².